The van der Waals surface area contributed by atoms with E-state index in [9.17, 15) is 9.59 Å². The van der Waals surface area contributed by atoms with Crippen LogP contribution in [0.4, 0.5) is 5.69 Å². The first-order valence-electron chi connectivity index (χ1n) is 10.8. The van der Waals surface area contributed by atoms with E-state index in [1.54, 1.807) is 16.1 Å². The second-order valence-corrected chi connectivity index (χ2v) is 9.39. The number of amides is 2. The Morgan fingerprint density at radius 3 is 2.42 bits per heavy atom. The zero-order valence-corrected chi connectivity index (χ0v) is 18.1. The van der Waals surface area contributed by atoms with Crippen molar-refractivity contribution in [1.29, 1.82) is 0 Å². The molecule has 2 aliphatic rings. The van der Waals surface area contributed by atoms with E-state index in [-0.39, 0.29) is 24.4 Å². The molecule has 3 aromatic rings. The number of benzene rings is 1. The van der Waals surface area contributed by atoms with Gasteiger partial charge >= 0.3 is 0 Å². The van der Waals surface area contributed by atoms with E-state index in [1.165, 1.54) is 0 Å². The summed E-state index contributed by atoms with van der Waals surface area (Å²) in [5.41, 5.74) is 2.19. The van der Waals surface area contributed by atoms with Crippen LogP contribution in [0, 0.1) is 5.41 Å². The predicted molar refractivity (Wildman–Crippen MR) is 118 cm³/mol. The van der Waals surface area contributed by atoms with Crippen LogP contribution in [0.15, 0.2) is 65.4 Å². The summed E-state index contributed by atoms with van der Waals surface area (Å²) in [6.45, 7) is 5.78. The molecule has 0 bridgehead atoms. The number of aromatic nitrogens is 1. The summed E-state index contributed by atoms with van der Waals surface area (Å²) in [4.78, 5) is 30.5. The molecule has 1 unspecified atom stereocenters. The summed E-state index contributed by atoms with van der Waals surface area (Å²) in [5, 5.41) is 0. The van der Waals surface area contributed by atoms with Crippen molar-refractivity contribution in [3.8, 4) is 5.69 Å². The minimum atomic E-state index is -0.530. The average molecular weight is 418 g/mol. The molecule has 31 heavy (non-hydrogen) atoms. The van der Waals surface area contributed by atoms with Crippen molar-refractivity contribution in [3.05, 3.63) is 72.4 Å². The fraction of sp³-hybridized carbons (Fsp3) is 0.360. The van der Waals surface area contributed by atoms with Crippen molar-refractivity contribution in [2.45, 2.75) is 45.7 Å². The lowest BCUT2D eigenvalue weighted by atomic mass is 9.94. The van der Waals surface area contributed by atoms with Gasteiger partial charge in [-0.2, -0.15) is 0 Å². The van der Waals surface area contributed by atoms with Crippen LogP contribution in [0.1, 0.15) is 51.1 Å². The number of rotatable bonds is 4. The first kappa shape index (κ1) is 19.7. The van der Waals surface area contributed by atoms with Gasteiger partial charge in [-0.3, -0.25) is 14.5 Å². The highest BCUT2D eigenvalue weighted by molar-refractivity contribution is 6.00. The Hall–Kier alpha value is -3.28. The molecule has 5 rings (SSSR count). The Kier molecular flexibility index (Phi) is 4.54. The number of carbonyl (C=O) groups excluding carboxylic acids is 2. The van der Waals surface area contributed by atoms with Crippen molar-refractivity contribution in [3.63, 3.8) is 0 Å². The molecule has 6 nitrogen and oxygen atoms in total. The maximum Gasteiger partial charge on any atom is 0.247 e. The van der Waals surface area contributed by atoms with Crippen LogP contribution in [-0.4, -0.2) is 33.9 Å². The summed E-state index contributed by atoms with van der Waals surface area (Å²) in [5.74, 6) is 0.611. The molecular formula is C25H27N3O3. The third-order valence-electron chi connectivity index (χ3n) is 6.00. The number of hydrogen-bond acceptors (Lipinski definition) is 3. The summed E-state index contributed by atoms with van der Waals surface area (Å²) in [7, 11) is 0. The molecule has 6 heteroatoms. The zero-order chi connectivity index (χ0) is 21.8. The van der Waals surface area contributed by atoms with E-state index < -0.39 is 11.5 Å². The van der Waals surface area contributed by atoms with Gasteiger partial charge in [-0.25, -0.2) is 0 Å². The highest BCUT2D eigenvalue weighted by atomic mass is 16.3. The topological polar surface area (TPSA) is 58.7 Å². The second-order valence-electron chi connectivity index (χ2n) is 9.39. The molecule has 0 N–H and O–H groups in total. The quantitative estimate of drug-likeness (QED) is 0.626. The highest BCUT2D eigenvalue weighted by Crippen LogP contribution is 2.42. The lowest BCUT2D eigenvalue weighted by molar-refractivity contribution is -0.142. The van der Waals surface area contributed by atoms with Crippen molar-refractivity contribution < 1.29 is 14.0 Å². The molecule has 1 fully saturated rings. The smallest absolute Gasteiger partial charge is 0.247 e. The van der Waals surface area contributed by atoms with Crippen molar-refractivity contribution >= 4 is 17.5 Å². The van der Waals surface area contributed by atoms with Gasteiger partial charge < -0.3 is 13.9 Å². The standard InChI is InChI=1S/C25H27N3O3/c1-25(2,3)24(30)27(17-12-13-17)16-22(29)28-19-9-5-4-8-18(19)26-14-6-10-20(26)23(28)21-11-7-15-31-21/h4-11,14-15,17,23H,12-13,16H2,1-3H3. The first-order chi connectivity index (χ1) is 14.9. The largest absolute Gasteiger partial charge is 0.467 e. The third kappa shape index (κ3) is 3.36. The van der Waals surface area contributed by atoms with Crippen LogP contribution in [0.5, 0.6) is 0 Å². The first-order valence-corrected chi connectivity index (χ1v) is 10.8. The number of anilines is 1. The van der Waals surface area contributed by atoms with Crippen LogP contribution in [0.2, 0.25) is 0 Å². The van der Waals surface area contributed by atoms with Gasteiger partial charge in [0, 0.05) is 17.7 Å². The predicted octanol–water partition coefficient (Wildman–Crippen LogP) is 4.54. The van der Waals surface area contributed by atoms with E-state index in [0.717, 1.165) is 29.9 Å². The van der Waals surface area contributed by atoms with Gasteiger partial charge in [0.25, 0.3) is 0 Å². The van der Waals surface area contributed by atoms with Gasteiger partial charge in [-0.1, -0.05) is 32.9 Å². The van der Waals surface area contributed by atoms with E-state index >= 15 is 0 Å². The molecule has 1 aliphatic heterocycles. The molecule has 2 aromatic heterocycles. The lowest BCUT2D eigenvalue weighted by Crippen LogP contribution is -2.49. The van der Waals surface area contributed by atoms with Gasteiger partial charge in [0.15, 0.2) is 0 Å². The van der Waals surface area contributed by atoms with Crippen LogP contribution < -0.4 is 4.90 Å². The molecule has 160 valence electrons. The molecule has 2 amide bonds. The molecule has 0 spiro atoms. The van der Waals surface area contributed by atoms with E-state index in [2.05, 4.69) is 4.57 Å². The molecule has 1 saturated carbocycles. The number of carbonyl (C=O) groups is 2. The molecule has 0 saturated heterocycles. The number of fused-ring (bicyclic) bond motifs is 3. The Morgan fingerprint density at radius 1 is 1.03 bits per heavy atom. The van der Waals surface area contributed by atoms with Gasteiger partial charge in [0.05, 0.1) is 23.3 Å². The highest BCUT2D eigenvalue weighted by Gasteiger charge is 2.42. The van der Waals surface area contributed by atoms with E-state index in [1.807, 2.05) is 75.5 Å². The molecule has 0 radical (unpaired) electrons. The SMILES string of the molecule is CC(C)(C)C(=O)N(CC(=O)N1c2ccccc2-n2cccc2C1c1ccco1)C1CC1. The van der Waals surface area contributed by atoms with Crippen molar-refractivity contribution in [2.75, 3.05) is 11.4 Å². The van der Waals surface area contributed by atoms with Crippen LogP contribution in [0.25, 0.3) is 5.69 Å². The third-order valence-corrected chi connectivity index (χ3v) is 6.00. The van der Waals surface area contributed by atoms with E-state index in [4.69, 9.17) is 4.42 Å². The molecule has 1 aromatic carbocycles. The number of furan rings is 1. The normalized spacial score (nSPS) is 17.8. The maximum atomic E-state index is 13.9. The van der Waals surface area contributed by atoms with Crippen molar-refractivity contribution in [2.24, 2.45) is 5.41 Å². The van der Waals surface area contributed by atoms with Crippen LogP contribution >= 0.6 is 0 Å². The van der Waals surface area contributed by atoms with Crippen LogP contribution in [-0.2, 0) is 9.59 Å². The van der Waals surface area contributed by atoms with Gasteiger partial charge in [-0.15, -0.1) is 0 Å². The maximum absolute atomic E-state index is 13.9. The van der Waals surface area contributed by atoms with Gasteiger partial charge in [0.1, 0.15) is 18.3 Å². The average Bonchev–Trinajstić information content (AvgIpc) is 3.23. The second kappa shape index (κ2) is 7.15. The Labute approximate surface area is 182 Å². The molecular weight excluding hydrogens is 390 g/mol. The Balaban J connectivity index is 1.57. The Bertz CT molecular complexity index is 1120. The van der Waals surface area contributed by atoms with Crippen LogP contribution in [0.3, 0.4) is 0 Å². The monoisotopic (exact) mass is 417 g/mol. The summed E-state index contributed by atoms with van der Waals surface area (Å²) < 4.78 is 7.88. The molecule has 1 aliphatic carbocycles. The van der Waals surface area contributed by atoms with Crippen molar-refractivity contribution in [1.82, 2.24) is 9.47 Å². The molecule has 3 heterocycles. The summed E-state index contributed by atoms with van der Waals surface area (Å²) in [6.07, 6.45) is 5.54. The molecule has 1 atom stereocenters. The minimum Gasteiger partial charge on any atom is -0.467 e. The van der Waals surface area contributed by atoms with E-state index in [0.29, 0.717) is 5.76 Å². The summed E-state index contributed by atoms with van der Waals surface area (Å²) in [6, 6.07) is 15.4. The Morgan fingerprint density at radius 2 is 1.77 bits per heavy atom. The zero-order valence-electron chi connectivity index (χ0n) is 18.1. The fourth-order valence-electron chi connectivity index (χ4n) is 4.38. The summed E-state index contributed by atoms with van der Waals surface area (Å²) >= 11 is 0. The lowest BCUT2D eigenvalue weighted by Gasteiger charge is -2.39. The fourth-order valence-corrected chi connectivity index (χ4v) is 4.38. The van der Waals surface area contributed by atoms with Gasteiger partial charge in [-0.05, 0) is 49.2 Å². The number of para-hydroxylation sites is 2. The number of hydrogen-bond donors (Lipinski definition) is 0. The minimum absolute atomic E-state index is 0.0200. The number of nitrogens with zero attached hydrogens (tertiary/aromatic N) is 3. The van der Waals surface area contributed by atoms with Gasteiger partial charge in [0.2, 0.25) is 11.8 Å².